The molecule has 2 N–H and O–H groups in total. The molecule has 0 aliphatic rings. The highest BCUT2D eigenvalue weighted by molar-refractivity contribution is 5.91. The van der Waals surface area contributed by atoms with Gasteiger partial charge in [-0.1, -0.05) is 0 Å². The van der Waals surface area contributed by atoms with E-state index in [0.717, 1.165) is 25.2 Å². The SMILES string of the molecule is COc1c(F)cc(NC(=O)N(C)CCC(=O)O)c(OC)c1F. The molecule has 0 bridgehead atoms. The number of nitrogens with zero attached hydrogens (tertiary/aromatic N) is 1. The van der Waals surface area contributed by atoms with Crippen LogP contribution in [0.1, 0.15) is 6.42 Å². The Morgan fingerprint density at radius 1 is 1.27 bits per heavy atom. The molecule has 22 heavy (non-hydrogen) atoms. The molecule has 9 heteroatoms. The van der Waals surface area contributed by atoms with Gasteiger partial charge in [0.2, 0.25) is 5.82 Å². The van der Waals surface area contributed by atoms with Crippen molar-refractivity contribution >= 4 is 17.7 Å². The van der Waals surface area contributed by atoms with Crippen LogP contribution in [0.15, 0.2) is 6.07 Å². The molecule has 0 saturated heterocycles. The average molecular weight is 318 g/mol. The third kappa shape index (κ3) is 3.96. The number of hydrogen-bond acceptors (Lipinski definition) is 4. The highest BCUT2D eigenvalue weighted by Crippen LogP contribution is 2.36. The van der Waals surface area contributed by atoms with Gasteiger partial charge in [0.05, 0.1) is 26.3 Å². The van der Waals surface area contributed by atoms with Gasteiger partial charge in [-0.2, -0.15) is 4.39 Å². The zero-order chi connectivity index (χ0) is 16.9. The minimum Gasteiger partial charge on any atom is -0.491 e. The lowest BCUT2D eigenvalue weighted by atomic mass is 10.2. The van der Waals surface area contributed by atoms with Gasteiger partial charge in [-0.3, -0.25) is 4.79 Å². The van der Waals surface area contributed by atoms with Crippen LogP contribution in [0.5, 0.6) is 11.5 Å². The van der Waals surface area contributed by atoms with E-state index in [-0.39, 0.29) is 18.7 Å². The topological polar surface area (TPSA) is 88.1 Å². The van der Waals surface area contributed by atoms with Crippen LogP contribution in [0, 0.1) is 11.6 Å². The highest BCUT2D eigenvalue weighted by Gasteiger charge is 2.22. The number of nitrogens with one attached hydrogen (secondary N) is 1. The van der Waals surface area contributed by atoms with Crippen LogP contribution >= 0.6 is 0 Å². The summed E-state index contributed by atoms with van der Waals surface area (Å²) in [6.07, 6.45) is -0.258. The smallest absolute Gasteiger partial charge is 0.321 e. The second kappa shape index (κ2) is 7.43. The van der Waals surface area contributed by atoms with Gasteiger partial charge in [0.25, 0.3) is 0 Å². The van der Waals surface area contributed by atoms with Gasteiger partial charge in [0.1, 0.15) is 0 Å². The first-order valence-electron chi connectivity index (χ1n) is 6.15. The van der Waals surface area contributed by atoms with Crippen molar-refractivity contribution in [3.63, 3.8) is 0 Å². The van der Waals surface area contributed by atoms with Crippen molar-refractivity contribution in [2.24, 2.45) is 0 Å². The molecule has 1 aromatic rings. The Morgan fingerprint density at radius 3 is 2.36 bits per heavy atom. The van der Waals surface area contributed by atoms with E-state index in [9.17, 15) is 18.4 Å². The minimum absolute atomic E-state index is 0.0649. The molecule has 7 nitrogen and oxygen atoms in total. The summed E-state index contributed by atoms with van der Waals surface area (Å²) in [4.78, 5) is 23.4. The monoisotopic (exact) mass is 318 g/mol. The number of anilines is 1. The van der Waals surface area contributed by atoms with E-state index in [0.29, 0.717) is 0 Å². The summed E-state index contributed by atoms with van der Waals surface area (Å²) in [5, 5.41) is 10.8. The number of carboxylic acids is 1. The lowest BCUT2D eigenvalue weighted by molar-refractivity contribution is -0.137. The molecule has 0 spiro atoms. The first kappa shape index (κ1) is 17.5. The molecule has 122 valence electrons. The van der Waals surface area contributed by atoms with Crippen molar-refractivity contribution in [2.75, 3.05) is 33.1 Å². The van der Waals surface area contributed by atoms with E-state index in [1.54, 1.807) is 0 Å². The maximum atomic E-state index is 14.0. The third-order valence-electron chi connectivity index (χ3n) is 2.79. The molecule has 0 fully saturated rings. The van der Waals surface area contributed by atoms with Gasteiger partial charge in [-0.15, -0.1) is 0 Å². The number of carbonyl (C=O) groups is 2. The van der Waals surface area contributed by atoms with Crippen LogP contribution in [0.4, 0.5) is 19.3 Å². The Hall–Kier alpha value is -2.58. The zero-order valence-electron chi connectivity index (χ0n) is 12.3. The largest absolute Gasteiger partial charge is 0.491 e. The molecule has 0 atom stereocenters. The van der Waals surface area contributed by atoms with Gasteiger partial charge in [0, 0.05) is 19.7 Å². The summed E-state index contributed by atoms with van der Waals surface area (Å²) >= 11 is 0. The van der Waals surface area contributed by atoms with Gasteiger partial charge in [-0.05, 0) is 0 Å². The molecular weight excluding hydrogens is 302 g/mol. The summed E-state index contributed by atoms with van der Waals surface area (Å²) in [6, 6.07) is 0.118. The summed E-state index contributed by atoms with van der Waals surface area (Å²) in [5.41, 5.74) is -0.231. The van der Waals surface area contributed by atoms with Crippen molar-refractivity contribution in [2.45, 2.75) is 6.42 Å². The summed E-state index contributed by atoms with van der Waals surface area (Å²) in [5.74, 6) is -4.19. The van der Waals surface area contributed by atoms with Crippen LogP contribution in [0.25, 0.3) is 0 Å². The number of urea groups is 1. The van der Waals surface area contributed by atoms with Gasteiger partial charge in [-0.25, -0.2) is 9.18 Å². The van der Waals surface area contributed by atoms with Gasteiger partial charge in [0.15, 0.2) is 17.3 Å². The molecule has 0 radical (unpaired) electrons. The summed E-state index contributed by atoms with van der Waals surface area (Å²) in [6.45, 7) is -0.0649. The maximum Gasteiger partial charge on any atom is 0.321 e. The lowest BCUT2D eigenvalue weighted by Gasteiger charge is -2.19. The predicted molar refractivity (Wildman–Crippen MR) is 73.4 cm³/mol. The Kier molecular flexibility index (Phi) is 5.90. The number of carboxylic acid groups (broad SMARTS) is 1. The fourth-order valence-corrected chi connectivity index (χ4v) is 1.64. The molecule has 0 aromatic heterocycles. The van der Waals surface area contributed by atoms with Crippen LogP contribution < -0.4 is 14.8 Å². The van der Waals surface area contributed by atoms with Gasteiger partial charge < -0.3 is 24.8 Å². The van der Waals surface area contributed by atoms with Crippen molar-refractivity contribution in [1.82, 2.24) is 4.90 Å². The van der Waals surface area contributed by atoms with Crippen molar-refractivity contribution in [1.29, 1.82) is 0 Å². The molecule has 1 rings (SSSR count). The van der Waals surface area contributed by atoms with Crippen molar-refractivity contribution in [3.8, 4) is 11.5 Å². The van der Waals surface area contributed by atoms with E-state index in [1.165, 1.54) is 7.05 Å². The lowest BCUT2D eigenvalue weighted by Crippen LogP contribution is -2.33. The fraction of sp³-hybridized carbons (Fsp3) is 0.385. The first-order chi connectivity index (χ1) is 10.3. The quantitative estimate of drug-likeness (QED) is 0.836. The molecule has 2 amide bonds. The van der Waals surface area contributed by atoms with Crippen LogP contribution in [0.2, 0.25) is 0 Å². The molecule has 1 aromatic carbocycles. The Morgan fingerprint density at radius 2 is 1.86 bits per heavy atom. The maximum absolute atomic E-state index is 14.0. The second-order valence-corrected chi connectivity index (χ2v) is 4.28. The minimum atomic E-state index is -1.09. The second-order valence-electron chi connectivity index (χ2n) is 4.28. The van der Waals surface area contributed by atoms with E-state index < -0.39 is 35.1 Å². The number of amides is 2. The Bertz CT molecular complexity index is 580. The predicted octanol–water partition coefficient (Wildman–Crippen LogP) is 1.92. The fourth-order valence-electron chi connectivity index (χ4n) is 1.64. The Balaban J connectivity index is 2.97. The molecule has 0 saturated carbocycles. The van der Waals surface area contributed by atoms with Crippen molar-refractivity contribution in [3.05, 3.63) is 17.7 Å². The normalized spacial score (nSPS) is 10.0. The van der Waals surface area contributed by atoms with Crippen LogP contribution in [0.3, 0.4) is 0 Å². The summed E-state index contributed by atoms with van der Waals surface area (Å²) in [7, 11) is 3.60. The zero-order valence-corrected chi connectivity index (χ0v) is 12.3. The summed E-state index contributed by atoms with van der Waals surface area (Å²) < 4.78 is 37.0. The van der Waals surface area contributed by atoms with Crippen LogP contribution in [-0.2, 0) is 4.79 Å². The third-order valence-corrected chi connectivity index (χ3v) is 2.79. The van der Waals surface area contributed by atoms with E-state index in [4.69, 9.17) is 9.84 Å². The molecular formula is C13H16F2N2O5. The van der Waals surface area contributed by atoms with E-state index >= 15 is 0 Å². The van der Waals surface area contributed by atoms with Crippen molar-refractivity contribution < 1.29 is 33.0 Å². The number of carbonyl (C=O) groups excluding carboxylic acids is 1. The van der Waals surface area contributed by atoms with Crippen LogP contribution in [-0.4, -0.2) is 49.8 Å². The van der Waals surface area contributed by atoms with E-state index in [2.05, 4.69) is 10.1 Å². The average Bonchev–Trinajstić information content (AvgIpc) is 2.45. The van der Waals surface area contributed by atoms with E-state index in [1.807, 2.05) is 0 Å². The van der Waals surface area contributed by atoms with Gasteiger partial charge >= 0.3 is 12.0 Å². The molecule has 0 aliphatic carbocycles. The number of methoxy groups -OCH3 is 2. The molecule has 0 aliphatic heterocycles. The first-order valence-corrected chi connectivity index (χ1v) is 6.15. The molecule has 0 unspecified atom stereocenters. The Labute approximate surface area is 125 Å². The highest BCUT2D eigenvalue weighted by atomic mass is 19.1. The number of ether oxygens (including phenoxy) is 2. The molecule has 0 heterocycles. The number of benzene rings is 1. The number of halogens is 2. The number of hydrogen-bond donors (Lipinski definition) is 2. The standard InChI is InChI=1S/C13H16F2N2O5/c1-17(5-4-9(18)19)13(20)16-8-6-7(14)11(21-2)10(15)12(8)22-3/h6H,4-5H2,1-3H3,(H,16,20)(H,18,19). The number of rotatable bonds is 6. The number of aliphatic carboxylic acids is 1.